The molecule has 0 aliphatic carbocycles. The van der Waals surface area contributed by atoms with Gasteiger partial charge in [0.2, 0.25) is 0 Å². The molecule has 126 valence electrons. The molecule has 1 amide bonds. The summed E-state index contributed by atoms with van der Waals surface area (Å²) in [6.07, 6.45) is 1.61. The molecule has 1 saturated heterocycles. The van der Waals surface area contributed by atoms with Gasteiger partial charge in [0.1, 0.15) is 4.32 Å². The van der Waals surface area contributed by atoms with E-state index in [0.29, 0.717) is 20.4 Å². The van der Waals surface area contributed by atoms with Crippen LogP contribution in [0.25, 0.3) is 6.08 Å². The van der Waals surface area contributed by atoms with Gasteiger partial charge in [-0.3, -0.25) is 4.79 Å². The normalized spacial score (nSPS) is 15.4. The zero-order chi connectivity index (χ0) is 18.0. The van der Waals surface area contributed by atoms with Crippen molar-refractivity contribution in [3.63, 3.8) is 0 Å². The van der Waals surface area contributed by atoms with Crippen molar-refractivity contribution >= 4 is 69.5 Å². The number of ether oxygens (including phenoxy) is 1. The lowest BCUT2D eigenvalue weighted by atomic mass is 10.2. The molecule has 1 fully saturated rings. The fourth-order valence-corrected chi connectivity index (χ4v) is 3.68. The van der Waals surface area contributed by atoms with Crippen LogP contribution in [0.2, 0.25) is 10.0 Å². The second-order valence-electron chi connectivity index (χ2n) is 4.92. The molecular formula is C17H9Cl2NO3S2. The first-order valence-corrected chi connectivity index (χ1v) is 8.93. The Morgan fingerprint density at radius 1 is 1.16 bits per heavy atom. The number of esters is 1. The molecule has 8 heteroatoms. The van der Waals surface area contributed by atoms with E-state index in [2.05, 4.69) is 5.32 Å². The standard InChI is InChI=1S/C17H9Cl2NO3S2/c18-11-6-9(8-13-15(21)20-17(24)25-13)7-12(19)14(11)23-16(22)10-4-2-1-3-5-10/h1-8H,(H,20,21,24)/b13-8-. The maximum absolute atomic E-state index is 12.1. The van der Waals surface area contributed by atoms with Crippen LogP contribution in [-0.4, -0.2) is 16.2 Å². The highest BCUT2D eigenvalue weighted by Crippen LogP contribution is 2.36. The van der Waals surface area contributed by atoms with Crippen molar-refractivity contribution in [3.8, 4) is 5.75 Å². The van der Waals surface area contributed by atoms with E-state index >= 15 is 0 Å². The molecule has 0 saturated carbocycles. The second kappa shape index (κ2) is 7.58. The number of hydrogen-bond donors (Lipinski definition) is 1. The predicted molar refractivity (Wildman–Crippen MR) is 104 cm³/mol. The van der Waals surface area contributed by atoms with Crippen LogP contribution in [-0.2, 0) is 4.79 Å². The number of carbonyl (C=O) groups excluding carboxylic acids is 2. The summed E-state index contributed by atoms with van der Waals surface area (Å²) in [6.45, 7) is 0. The molecule has 1 heterocycles. The van der Waals surface area contributed by atoms with E-state index in [4.69, 9.17) is 40.2 Å². The third kappa shape index (κ3) is 4.22. The summed E-state index contributed by atoms with van der Waals surface area (Å²) in [4.78, 5) is 24.3. The lowest BCUT2D eigenvalue weighted by molar-refractivity contribution is -0.115. The molecule has 2 aromatic rings. The van der Waals surface area contributed by atoms with Crippen LogP contribution in [0.5, 0.6) is 5.75 Å². The van der Waals surface area contributed by atoms with Gasteiger partial charge >= 0.3 is 5.97 Å². The van der Waals surface area contributed by atoms with E-state index in [0.717, 1.165) is 11.8 Å². The van der Waals surface area contributed by atoms with Crippen LogP contribution in [0.1, 0.15) is 15.9 Å². The molecule has 0 radical (unpaired) electrons. The summed E-state index contributed by atoms with van der Waals surface area (Å²) < 4.78 is 5.69. The molecule has 0 spiro atoms. The van der Waals surface area contributed by atoms with Crippen molar-refractivity contribution in [1.29, 1.82) is 0 Å². The van der Waals surface area contributed by atoms with Crippen LogP contribution in [0, 0.1) is 0 Å². The summed E-state index contributed by atoms with van der Waals surface area (Å²) in [5, 5.41) is 2.85. The minimum atomic E-state index is -0.563. The minimum absolute atomic E-state index is 0.0679. The molecule has 0 unspecified atom stereocenters. The van der Waals surface area contributed by atoms with Gasteiger partial charge in [-0.25, -0.2) is 4.79 Å². The minimum Gasteiger partial charge on any atom is -0.420 e. The quantitative estimate of drug-likeness (QED) is 0.344. The molecule has 4 nitrogen and oxygen atoms in total. The number of thiocarbonyl (C=S) groups is 1. The third-order valence-corrected chi connectivity index (χ3v) is 4.89. The molecule has 1 aliphatic heterocycles. The fourth-order valence-electron chi connectivity index (χ4n) is 2.06. The average molecular weight is 410 g/mol. The van der Waals surface area contributed by atoms with Crippen LogP contribution < -0.4 is 10.1 Å². The van der Waals surface area contributed by atoms with Gasteiger partial charge in [0.15, 0.2) is 5.75 Å². The van der Waals surface area contributed by atoms with E-state index in [1.54, 1.807) is 48.5 Å². The fraction of sp³-hybridized carbons (Fsp3) is 0. The molecule has 0 atom stereocenters. The van der Waals surface area contributed by atoms with Gasteiger partial charge in [-0.1, -0.05) is 65.4 Å². The Bertz CT molecular complexity index is 890. The van der Waals surface area contributed by atoms with E-state index < -0.39 is 5.97 Å². The van der Waals surface area contributed by atoms with Gasteiger partial charge < -0.3 is 10.1 Å². The highest BCUT2D eigenvalue weighted by atomic mass is 35.5. The number of amides is 1. The Kier molecular flexibility index (Phi) is 5.44. The zero-order valence-electron chi connectivity index (χ0n) is 12.4. The Hall–Kier alpha value is -1.86. The SMILES string of the molecule is O=C1NC(=S)S/C1=C\c1cc(Cl)c(OC(=O)c2ccccc2)c(Cl)c1. The first kappa shape index (κ1) is 17.9. The summed E-state index contributed by atoms with van der Waals surface area (Å²) in [5.41, 5.74) is 0.977. The molecular weight excluding hydrogens is 401 g/mol. The maximum Gasteiger partial charge on any atom is 0.343 e. The van der Waals surface area contributed by atoms with E-state index in [1.165, 1.54) is 0 Å². The predicted octanol–water partition coefficient (Wildman–Crippen LogP) is 4.70. The number of nitrogens with one attached hydrogen (secondary N) is 1. The zero-order valence-corrected chi connectivity index (χ0v) is 15.6. The summed E-state index contributed by atoms with van der Waals surface area (Å²) in [7, 11) is 0. The lowest BCUT2D eigenvalue weighted by Gasteiger charge is -2.09. The molecule has 0 bridgehead atoms. The Balaban J connectivity index is 1.86. The number of rotatable bonds is 3. The number of thioether (sulfide) groups is 1. The van der Waals surface area contributed by atoms with Crippen LogP contribution in [0.4, 0.5) is 0 Å². The van der Waals surface area contributed by atoms with Gasteiger partial charge in [-0.2, -0.15) is 0 Å². The molecule has 1 aliphatic rings. The Morgan fingerprint density at radius 2 is 1.80 bits per heavy atom. The molecule has 2 aromatic carbocycles. The number of benzene rings is 2. The highest BCUT2D eigenvalue weighted by molar-refractivity contribution is 8.26. The average Bonchev–Trinajstić information content (AvgIpc) is 2.89. The molecule has 0 aromatic heterocycles. The number of carbonyl (C=O) groups is 2. The van der Waals surface area contributed by atoms with E-state index in [9.17, 15) is 9.59 Å². The van der Waals surface area contributed by atoms with Crippen LogP contribution >= 0.6 is 47.2 Å². The number of hydrogen-bond acceptors (Lipinski definition) is 5. The van der Waals surface area contributed by atoms with Crippen LogP contribution in [0.3, 0.4) is 0 Å². The first-order chi connectivity index (χ1) is 11.9. The van der Waals surface area contributed by atoms with Gasteiger partial charge in [-0.15, -0.1) is 0 Å². The van der Waals surface area contributed by atoms with Crippen molar-refractivity contribution < 1.29 is 14.3 Å². The molecule has 3 rings (SSSR count). The van der Waals surface area contributed by atoms with Crippen molar-refractivity contribution in [2.75, 3.05) is 0 Å². The number of halogens is 2. The van der Waals surface area contributed by atoms with Crippen molar-refractivity contribution in [2.24, 2.45) is 0 Å². The van der Waals surface area contributed by atoms with Crippen molar-refractivity contribution in [3.05, 3.63) is 68.5 Å². The van der Waals surface area contributed by atoms with Crippen molar-refractivity contribution in [2.45, 2.75) is 0 Å². The second-order valence-corrected chi connectivity index (χ2v) is 7.45. The van der Waals surface area contributed by atoms with E-state index in [-0.39, 0.29) is 21.7 Å². The molecule has 1 N–H and O–H groups in total. The highest BCUT2D eigenvalue weighted by Gasteiger charge is 2.22. The van der Waals surface area contributed by atoms with Gasteiger partial charge in [-0.05, 0) is 35.9 Å². The summed E-state index contributed by atoms with van der Waals surface area (Å²) in [6, 6.07) is 11.6. The van der Waals surface area contributed by atoms with Crippen molar-refractivity contribution in [1.82, 2.24) is 5.32 Å². The summed E-state index contributed by atoms with van der Waals surface area (Å²) in [5.74, 6) is -0.771. The smallest absolute Gasteiger partial charge is 0.343 e. The Morgan fingerprint density at radius 3 is 2.36 bits per heavy atom. The third-order valence-electron chi connectivity index (χ3n) is 3.16. The van der Waals surface area contributed by atoms with Crippen LogP contribution in [0.15, 0.2) is 47.4 Å². The maximum atomic E-state index is 12.1. The Labute approximate surface area is 163 Å². The summed E-state index contributed by atoms with van der Waals surface area (Å²) >= 11 is 18.5. The monoisotopic (exact) mass is 409 g/mol. The first-order valence-electron chi connectivity index (χ1n) is 6.95. The molecule has 25 heavy (non-hydrogen) atoms. The lowest BCUT2D eigenvalue weighted by Crippen LogP contribution is -2.17. The largest absolute Gasteiger partial charge is 0.420 e. The van der Waals surface area contributed by atoms with Gasteiger partial charge in [0, 0.05) is 0 Å². The van der Waals surface area contributed by atoms with Gasteiger partial charge in [0.05, 0.1) is 20.5 Å². The van der Waals surface area contributed by atoms with E-state index in [1.807, 2.05) is 0 Å². The topological polar surface area (TPSA) is 55.4 Å². The van der Waals surface area contributed by atoms with Gasteiger partial charge in [0.25, 0.3) is 5.91 Å².